The molecule has 1 unspecified atom stereocenters. The third-order valence-electron chi connectivity index (χ3n) is 5.25. The molecule has 0 N–H and O–H groups in total. The van der Waals surface area contributed by atoms with E-state index in [9.17, 15) is 9.59 Å². The van der Waals surface area contributed by atoms with Crippen LogP contribution in [0, 0.1) is 6.92 Å². The van der Waals surface area contributed by atoms with Crippen LogP contribution < -0.4 is 9.30 Å². The summed E-state index contributed by atoms with van der Waals surface area (Å²) in [6.45, 7) is 8.42. The summed E-state index contributed by atoms with van der Waals surface area (Å²) in [5.41, 5.74) is 2.82. The van der Waals surface area contributed by atoms with E-state index in [1.54, 1.807) is 21.1 Å². The van der Waals surface area contributed by atoms with Crippen molar-refractivity contribution in [2.75, 3.05) is 20.7 Å². The van der Waals surface area contributed by atoms with Crippen LogP contribution in [0.15, 0.2) is 47.6 Å². The molecule has 0 bridgehead atoms. The SMILES string of the molecule is C=C(C)CN1C(=O)C2C(=Nc3n(Cc4ccc(OC)cc4)c(C)c[n+]32)N(C)C1=O. The molecule has 8 nitrogen and oxygen atoms in total. The molecule has 1 fully saturated rings. The predicted molar refractivity (Wildman–Crippen MR) is 107 cm³/mol. The van der Waals surface area contributed by atoms with Gasteiger partial charge in [-0.1, -0.05) is 29.3 Å². The number of carbonyl (C=O) groups excluding carboxylic acids is 2. The number of amidine groups is 1. The van der Waals surface area contributed by atoms with Gasteiger partial charge in [-0.15, -0.1) is 0 Å². The summed E-state index contributed by atoms with van der Waals surface area (Å²) in [7, 11) is 3.29. The summed E-state index contributed by atoms with van der Waals surface area (Å²) in [4.78, 5) is 33.2. The molecule has 1 aromatic carbocycles. The van der Waals surface area contributed by atoms with Gasteiger partial charge in [0.2, 0.25) is 11.9 Å². The van der Waals surface area contributed by atoms with E-state index in [1.807, 2.05) is 46.5 Å². The van der Waals surface area contributed by atoms with Crippen LogP contribution in [0.4, 0.5) is 10.7 Å². The lowest BCUT2D eigenvalue weighted by atomic mass is 10.1. The van der Waals surface area contributed by atoms with Crippen LogP contribution in [0.1, 0.15) is 24.2 Å². The van der Waals surface area contributed by atoms with Crippen molar-refractivity contribution in [2.45, 2.75) is 26.4 Å². The molecule has 3 heterocycles. The highest BCUT2D eigenvalue weighted by atomic mass is 16.5. The Morgan fingerprint density at radius 1 is 1.28 bits per heavy atom. The van der Waals surface area contributed by atoms with E-state index in [4.69, 9.17) is 4.74 Å². The first-order valence-corrected chi connectivity index (χ1v) is 9.38. The Morgan fingerprint density at radius 2 is 1.97 bits per heavy atom. The molecule has 0 saturated carbocycles. The molecule has 150 valence electrons. The molecule has 8 heteroatoms. The van der Waals surface area contributed by atoms with Crippen molar-refractivity contribution in [2.24, 2.45) is 4.99 Å². The molecule has 2 aromatic rings. The van der Waals surface area contributed by atoms with Gasteiger partial charge < -0.3 is 4.74 Å². The summed E-state index contributed by atoms with van der Waals surface area (Å²) < 4.78 is 9.11. The highest BCUT2D eigenvalue weighted by Crippen LogP contribution is 2.30. The Morgan fingerprint density at radius 3 is 2.59 bits per heavy atom. The number of aliphatic imine (C=N–C) groups is 1. The Bertz CT molecular complexity index is 1050. The molecule has 1 saturated heterocycles. The molecule has 4 rings (SSSR count). The van der Waals surface area contributed by atoms with Gasteiger partial charge >= 0.3 is 12.0 Å². The van der Waals surface area contributed by atoms with Gasteiger partial charge in [0.15, 0.2) is 0 Å². The van der Waals surface area contributed by atoms with Crippen LogP contribution in [0.3, 0.4) is 0 Å². The molecule has 1 atom stereocenters. The van der Waals surface area contributed by atoms with Crippen molar-refractivity contribution in [3.8, 4) is 5.75 Å². The maximum Gasteiger partial charge on any atom is 0.402 e. The zero-order chi connectivity index (χ0) is 20.9. The molecule has 29 heavy (non-hydrogen) atoms. The lowest BCUT2D eigenvalue weighted by Gasteiger charge is -2.33. The maximum absolute atomic E-state index is 13.1. The van der Waals surface area contributed by atoms with E-state index in [0.29, 0.717) is 18.3 Å². The van der Waals surface area contributed by atoms with Gasteiger partial charge in [-0.3, -0.25) is 14.6 Å². The first kappa shape index (κ1) is 18.9. The molecule has 2 aliphatic heterocycles. The lowest BCUT2D eigenvalue weighted by molar-refractivity contribution is -0.677. The van der Waals surface area contributed by atoms with Crippen molar-refractivity contribution in [3.05, 3.63) is 53.9 Å². The van der Waals surface area contributed by atoms with Crippen molar-refractivity contribution in [3.63, 3.8) is 0 Å². The van der Waals surface area contributed by atoms with Gasteiger partial charge in [0, 0.05) is 7.05 Å². The highest BCUT2D eigenvalue weighted by molar-refractivity contribution is 6.19. The first-order chi connectivity index (χ1) is 13.8. The summed E-state index contributed by atoms with van der Waals surface area (Å²) in [6.07, 6.45) is 1.92. The maximum atomic E-state index is 13.1. The average molecular weight is 394 g/mol. The number of ether oxygens (including phenoxy) is 1. The van der Waals surface area contributed by atoms with Gasteiger partial charge in [0.05, 0.1) is 20.2 Å². The smallest absolute Gasteiger partial charge is 0.402 e. The predicted octanol–water partition coefficient (Wildman–Crippen LogP) is 2.20. The summed E-state index contributed by atoms with van der Waals surface area (Å²) in [5.74, 6) is 1.63. The number of likely N-dealkylation sites (N-methyl/N-ethyl adjacent to an activating group) is 1. The second kappa shape index (κ2) is 6.88. The number of methoxy groups -OCH3 is 1. The second-order valence-corrected chi connectivity index (χ2v) is 7.51. The monoisotopic (exact) mass is 394 g/mol. The van der Waals surface area contributed by atoms with Crippen LogP contribution in [0.25, 0.3) is 0 Å². The van der Waals surface area contributed by atoms with Gasteiger partial charge in [0.1, 0.15) is 17.6 Å². The topological polar surface area (TPSA) is 71.0 Å². The molecule has 0 radical (unpaired) electrons. The number of aryl methyl sites for hydroxylation is 1. The molecule has 0 aliphatic carbocycles. The summed E-state index contributed by atoms with van der Waals surface area (Å²) >= 11 is 0. The number of hydrogen-bond donors (Lipinski definition) is 0. The van der Waals surface area contributed by atoms with Crippen LogP contribution >= 0.6 is 0 Å². The minimum absolute atomic E-state index is 0.202. The van der Waals surface area contributed by atoms with E-state index in [-0.39, 0.29) is 18.5 Å². The van der Waals surface area contributed by atoms with Gasteiger partial charge in [-0.25, -0.2) is 13.9 Å². The lowest BCUT2D eigenvalue weighted by Crippen LogP contribution is -2.62. The van der Waals surface area contributed by atoms with Crippen molar-refractivity contribution >= 4 is 23.7 Å². The molecule has 2 aliphatic rings. The standard InChI is InChI=1S/C21H24N5O3/c1-13(2)10-26-19(27)17-18(23(4)21(26)28)22-20-24(14(3)11-25(17)20)12-15-6-8-16(29-5)9-7-15/h6-9,11,17H,1,10,12H2,2-5H3/q+1. The van der Waals surface area contributed by atoms with Crippen molar-refractivity contribution in [1.29, 1.82) is 0 Å². The molecule has 1 aromatic heterocycles. The number of hydrogen-bond acceptors (Lipinski definition) is 4. The number of imidazole rings is 1. The number of imide groups is 1. The fourth-order valence-electron chi connectivity index (χ4n) is 3.76. The van der Waals surface area contributed by atoms with Crippen LogP contribution in [0.2, 0.25) is 0 Å². The fraction of sp³-hybridized carbons (Fsp3) is 0.333. The Balaban J connectivity index is 1.71. The molecular weight excluding hydrogens is 370 g/mol. The van der Waals surface area contributed by atoms with Crippen LogP contribution in [0.5, 0.6) is 5.75 Å². The van der Waals surface area contributed by atoms with Gasteiger partial charge in [-0.2, -0.15) is 0 Å². The quantitative estimate of drug-likeness (QED) is 0.577. The van der Waals surface area contributed by atoms with Crippen molar-refractivity contribution < 1.29 is 18.9 Å². The Labute approximate surface area is 169 Å². The number of fused-ring (bicyclic) bond motifs is 3. The fourth-order valence-corrected chi connectivity index (χ4v) is 3.76. The largest absolute Gasteiger partial charge is 0.497 e. The highest BCUT2D eigenvalue weighted by Gasteiger charge is 2.53. The van der Waals surface area contributed by atoms with Crippen molar-refractivity contribution in [1.82, 2.24) is 14.4 Å². The van der Waals surface area contributed by atoms with Gasteiger partial charge in [0.25, 0.3) is 5.91 Å². The number of urea groups is 1. The molecule has 3 amide bonds. The number of aromatic nitrogens is 2. The minimum Gasteiger partial charge on any atom is -0.497 e. The minimum atomic E-state index is -0.636. The Kier molecular flexibility index (Phi) is 4.49. The third-order valence-corrected chi connectivity index (χ3v) is 5.25. The van der Waals surface area contributed by atoms with Crippen LogP contribution in [-0.2, 0) is 11.3 Å². The van der Waals surface area contributed by atoms with E-state index < -0.39 is 6.04 Å². The number of nitrogens with zero attached hydrogens (tertiary/aromatic N) is 5. The van der Waals surface area contributed by atoms with E-state index in [0.717, 1.165) is 22.6 Å². The molecular formula is C21H24N5O3+. The molecule has 0 spiro atoms. The summed E-state index contributed by atoms with van der Waals surface area (Å²) in [5, 5.41) is 0. The average Bonchev–Trinajstić information content (AvgIpc) is 3.20. The number of carbonyl (C=O) groups is 2. The number of rotatable bonds is 5. The zero-order valence-corrected chi connectivity index (χ0v) is 17.0. The Hall–Kier alpha value is -3.42. The van der Waals surface area contributed by atoms with E-state index in [2.05, 4.69) is 11.6 Å². The number of benzene rings is 1. The normalized spacial score (nSPS) is 17.9. The van der Waals surface area contributed by atoms with E-state index >= 15 is 0 Å². The first-order valence-electron chi connectivity index (χ1n) is 9.38. The summed E-state index contributed by atoms with van der Waals surface area (Å²) in [6, 6.07) is 6.82. The van der Waals surface area contributed by atoms with Crippen LogP contribution in [-0.4, -0.2) is 52.8 Å². The second-order valence-electron chi connectivity index (χ2n) is 7.51. The van der Waals surface area contributed by atoms with Gasteiger partial charge in [-0.05, 0) is 31.5 Å². The third kappa shape index (κ3) is 3.00. The van der Waals surface area contributed by atoms with E-state index in [1.165, 1.54) is 9.80 Å². The zero-order valence-electron chi connectivity index (χ0n) is 17.0. The number of amides is 3.